The first-order chi connectivity index (χ1) is 13.8. The van der Waals surface area contributed by atoms with Gasteiger partial charge in [-0.1, -0.05) is 42.3 Å². The van der Waals surface area contributed by atoms with Gasteiger partial charge in [0.25, 0.3) is 0 Å². The molecule has 0 aliphatic carbocycles. The smallest absolute Gasteiger partial charge is 0.243 e. The average molecular weight is 436 g/mol. The fourth-order valence-corrected chi connectivity index (χ4v) is 5.10. The zero-order chi connectivity index (χ0) is 21.0. The number of halogens is 1. The van der Waals surface area contributed by atoms with Crippen molar-refractivity contribution >= 4 is 38.9 Å². The molecule has 0 aromatic heterocycles. The molecule has 1 saturated heterocycles. The SMILES string of the molecule is CCCC(=O)Nc1cccc(Cl)c1N1CCN(S(=O)(=O)c2ccc(C)cc2)CC1. The Labute approximate surface area is 177 Å². The quantitative estimate of drug-likeness (QED) is 0.747. The normalized spacial score (nSPS) is 15.3. The molecule has 0 saturated carbocycles. The topological polar surface area (TPSA) is 69.7 Å². The van der Waals surface area contributed by atoms with E-state index in [2.05, 4.69) is 5.32 Å². The van der Waals surface area contributed by atoms with E-state index in [-0.39, 0.29) is 5.91 Å². The number of anilines is 2. The van der Waals surface area contributed by atoms with Crippen LogP contribution in [0.15, 0.2) is 47.4 Å². The number of carbonyl (C=O) groups excluding carboxylic acids is 1. The highest BCUT2D eigenvalue weighted by molar-refractivity contribution is 7.89. The van der Waals surface area contributed by atoms with E-state index in [0.717, 1.165) is 17.7 Å². The summed E-state index contributed by atoms with van der Waals surface area (Å²) in [7, 11) is -3.53. The van der Waals surface area contributed by atoms with E-state index in [9.17, 15) is 13.2 Å². The lowest BCUT2D eigenvalue weighted by atomic mass is 10.2. The molecule has 1 N–H and O–H groups in total. The first-order valence-corrected chi connectivity index (χ1v) is 11.5. The molecule has 0 unspecified atom stereocenters. The number of nitrogens with zero attached hydrogens (tertiary/aromatic N) is 2. The molecule has 1 aliphatic heterocycles. The van der Waals surface area contributed by atoms with Crippen LogP contribution in [0.25, 0.3) is 0 Å². The minimum absolute atomic E-state index is 0.0587. The fourth-order valence-electron chi connectivity index (χ4n) is 3.39. The number of aryl methyl sites for hydroxylation is 1. The summed E-state index contributed by atoms with van der Waals surface area (Å²) < 4.78 is 27.3. The van der Waals surface area contributed by atoms with Crippen molar-refractivity contribution in [2.75, 3.05) is 36.4 Å². The van der Waals surface area contributed by atoms with Crippen molar-refractivity contribution < 1.29 is 13.2 Å². The fraction of sp³-hybridized carbons (Fsp3) is 0.381. The molecule has 0 bridgehead atoms. The first kappa shape index (κ1) is 21.6. The van der Waals surface area contributed by atoms with Gasteiger partial charge in [0.2, 0.25) is 15.9 Å². The predicted molar refractivity (Wildman–Crippen MR) is 117 cm³/mol. The summed E-state index contributed by atoms with van der Waals surface area (Å²) >= 11 is 6.44. The van der Waals surface area contributed by atoms with Crippen LogP contribution < -0.4 is 10.2 Å². The predicted octanol–water partition coefficient (Wildman–Crippen LogP) is 3.90. The highest BCUT2D eigenvalue weighted by Crippen LogP contribution is 2.35. The molecule has 0 spiro atoms. The van der Waals surface area contributed by atoms with Crippen molar-refractivity contribution in [2.45, 2.75) is 31.6 Å². The Hall–Kier alpha value is -2.09. The minimum Gasteiger partial charge on any atom is -0.366 e. The number of piperazine rings is 1. The number of amides is 1. The third-order valence-corrected chi connectivity index (χ3v) is 7.17. The van der Waals surface area contributed by atoms with Crippen molar-refractivity contribution in [3.05, 3.63) is 53.1 Å². The lowest BCUT2D eigenvalue weighted by Crippen LogP contribution is -2.49. The second-order valence-electron chi connectivity index (χ2n) is 7.14. The van der Waals surface area contributed by atoms with Crippen molar-refractivity contribution in [3.63, 3.8) is 0 Å². The second kappa shape index (κ2) is 9.15. The first-order valence-electron chi connectivity index (χ1n) is 9.73. The third kappa shape index (κ3) is 4.91. The number of rotatable bonds is 6. The van der Waals surface area contributed by atoms with Gasteiger partial charge < -0.3 is 10.2 Å². The van der Waals surface area contributed by atoms with Gasteiger partial charge in [0, 0.05) is 32.6 Å². The van der Waals surface area contributed by atoms with Crippen LogP contribution in [0.4, 0.5) is 11.4 Å². The minimum atomic E-state index is -3.53. The maximum atomic E-state index is 12.9. The van der Waals surface area contributed by atoms with Crippen LogP contribution in [0, 0.1) is 6.92 Å². The number of sulfonamides is 1. The van der Waals surface area contributed by atoms with Crippen LogP contribution >= 0.6 is 11.6 Å². The summed E-state index contributed by atoms with van der Waals surface area (Å²) in [6.07, 6.45) is 1.20. The molecule has 1 fully saturated rings. The van der Waals surface area contributed by atoms with Crippen LogP contribution in [0.2, 0.25) is 5.02 Å². The molecule has 8 heteroatoms. The van der Waals surface area contributed by atoms with Gasteiger partial charge >= 0.3 is 0 Å². The zero-order valence-electron chi connectivity index (χ0n) is 16.7. The molecule has 6 nitrogen and oxygen atoms in total. The zero-order valence-corrected chi connectivity index (χ0v) is 18.3. The van der Waals surface area contributed by atoms with Gasteiger partial charge in [-0.2, -0.15) is 4.31 Å². The lowest BCUT2D eigenvalue weighted by Gasteiger charge is -2.36. The molecule has 156 valence electrons. The molecule has 3 rings (SSSR count). The second-order valence-corrected chi connectivity index (χ2v) is 9.48. The van der Waals surface area contributed by atoms with Crippen molar-refractivity contribution in [1.29, 1.82) is 0 Å². The van der Waals surface area contributed by atoms with E-state index in [4.69, 9.17) is 11.6 Å². The van der Waals surface area contributed by atoms with Gasteiger partial charge in [0.1, 0.15) is 0 Å². The molecule has 0 atom stereocenters. The van der Waals surface area contributed by atoms with Crippen molar-refractivity contribution in [3.8, 4) is 0 Å². The maximum Gasteiger partial charge on any atom is 0.243 e. The van der Waals surface area contributed by atoms with Gasteiger partial charge in [0.15, 0.2) is 0 Å². The molecule has 2 aromatic carbocycles. The summed E-state index contributed by atoms with van der Waals surface area (Å²) in [6.45, 7) is 5.56. The molecular formula is C21H26ClN3O3S. The summed E-state index contributed by atoms with van der Waals surface area (Å²) in [5.41, 5.74) is 2.42. The third-order valence-electron chi connectivity index (χ3n) is 4.95. The molecule has 0 radical (unpaired) electrons. The number of hydrogen-bond donors (Lipinski definition) is 1. The number of para-hydroxylation sites is 1. The summed E-state index contributed by atoms with van der Waals surface area (Å²) in [4.78, 5) is 14.4. The van der Waals surface area contributed by atoms with Crippen LogP contribution in [-0.4, -0.2) is 44.8 Å². The van der Waals surface area contributed by atoms with Gasteiger partial charge in [-0.15, -0.1) is 0 Å². The van der Waals surface area contributed by atoms with Gasteiger partial charge in [-0.25, -0.2) is 8.42 Å². The van der Waals surface area contributed by atoms with E-state index in [1.54, 1.807) is 36.4 Å². The van der Waals surface area contributed by atoms with Gasteiger partial charge in [0.05, 0.1) is 21.3 Å². The maximum absolute atomic E-state index is 12.9. The number of benzene rings is 2. The van der Waals surface area contributed by atoms with E-state index < -0.39 is 10.0 Å². The Morgan fingerprint density at radius 2 is 1.72 bits per heavy atom. The van der Waals surface area contributed by atoms with Crippen LogP contribution in [0.3, 0.4) is 0 Å². The standard InChI is InChI=1S/C21H26ClN3O3S/c1-3-5-20(26)23-19-7-4-6-18(22)21(19)24-12-14-25(15-13-24)29(27,28)17-10-8-16(2)9-11-17/h4,6-11H,3,5,12-15H2,1-2H3,(H,23,26). The van der Waals surface area contributed by atoms with E-state index >= 15 is 0 Å². The Morgan fingerprint density at radius 3 is 2.34 bits per heavy atom. The number of hydrogen-bond acceptors (Lipinski definition) is 4. The van der Waals surface area contributed by atoms with Gasteiger partial charge in [-0.3, -0.25) is 4.79 Å². The molecular weight excluding hydrogens is 410 g/mol. The largest absolute Gasteiger partial charge is 0.366 e. The summed E-state index contributed by atoms with van der Waals surface area (Å²) in [6, 6.07) is 12.3. The average Bonchev–Trinajstić information content (AvgIpc) is 2.69. The Bertz CT molecular complexity index is 969. The highest BCUT2D eigenvalue weighted by atomic mass is 35.5. The molecule has 29 heavy (non-hydrogen) atoms. The number of nitrogens with one attached hydrogen (secondary N) is 1. The van der Waals surface area contributed by atoms with Crippen LogP contribution in [-0.2, 0) is 14.8 Å². The molecule has 2 aromatic rings. The highest BCUT2D eigenvalue weighted by Gasteiger charge is 2.30. The molecule has 1 heterocycles. The Kier molecular flexibility index (Phi) is 6.82. The van der Waals surface area contributed by atoms with E-state index in [1.807, 2.05) is 24.8 Å². The summed E-state index contributed by atoms with van der Waals surface area (Å²) in [5, 5.41) is 3.46. The van der Waals surface area contributed by atoms with Crippen molar-refractivity contribution in [1.82, 2.24) is 4.31 Å². The van der Waals surface area contributed by atoms with Gasteiger partial charge in [-0.05, 0) is 37.6 Å². The lowest BCUT2D eigenvalue weighted by molar-refractivity contribution is -0.116. The van der Waals surface area contributed by atoms with Crippen LogP contribution in [0.1, 0.15) is 25.3 Å². The van der Waals surface area contributed by atoms with Crippen molar-refractivity contribution in [2.24, 2.45) is 0 Å². The van der Waals surface area contributed by atoms with E-state index in [0.29, 0.717) is 48.2 Å². The van der Waals surface area contributed by atoms with E-state index in [1.165, 1.54) is 4.31 Å². The number of carbonyl (C=O) groups is 1. The van der Waals surface area contributed by atoms with Crippen LogP contribution in [0.5, 0.6) is 0 Å². The molecule has 1 amide bonds. The Morgan fingerprint density at radius 1 is 1.07 bits per heavy atom. The monoisotopic (exact) mass is 435 g/mol. The summed E-state index contributed by atoms with van der Waals surface area (Å²) in [5.74, 6) is -0.0587. The molecule has 1 aliphatic rings. The Balaban J connectivity index is 1.75.